The van der Waals surface area contributed by atoms with Crippen LogP contribution in [0.15, 0.2) is 46.9 Å². The van der Waals surface area contributed by atoms with E-state index in [1.54, 1.807) is 0 Å². The Balaban J connectivity index is 2.05. The number of halogens is 2. The highest BCUT2D eigenvalue weighted by molar-refractivity contribution is 14.1. The first-order valence-electron chi connectivity index (χ1n) is 5.85. The molecule has 0 atom stereocenters. The van der Waals surface area contributed by atoms with Crippen LogP contribution in [0.1, 0.15) is 11.1 Å². The van der Waals surface area contributed by atoms with Crippen molar-refractivity contribution in [2.24, 2.45) is 0 Å². The molecule has 0 aliphatic rings. The fourth-order valence-corrected chi connectivity index (χ4v) is 2.49. The largest absolute Gasteiger partial charge is 0.326 e. The summed E-state index contributed by atoms with van der Waals surface area (Å²) in [5, 5.41) is 2.96. The van der Waals surface area contributed by atoms with Gasteiger partial charge in [-0.25, -0.2) is 0 Å². The minimum Gasteiger partial charge on any atom is -0.326 e. The molecule has 0 aromatic heterocycles. The first kappa shape index (κ1) is 14.5. The van der Waals surface area contributed by atoms with E-state index < -0.39 is 0 Å². The molecule has 0 saturated carbocycles. The van der Waals surface area contributed by atoms with E-state index >= 15 is 0 Å². The molecule has 0 unspecified atom stereocenters. The standard InChI is InChI=1S/C15H13BrINO/c1-10-13(17)3-2-4-14(10)18-15(19)9-11-5-7-12(16)8-6-11/h2-8H,9H2,1H3,(H,18,19). The molecule has 2 rings (SSSR count). The van der Waals surface area contributed by atoms with Gasteiger partial charge in [0.15, 0.2) is 0 Å². The van der Waals surface area contributed by atoms with Crippen molar-refractivity contribution < 1.29 is 4.79 Å². The number of amides is 1. The number of carbonyl (C=O) groups is 1. The zero-order valence-corrected chi connectivity index (χ0v) is 14.2. The molecule has 2 aromatic carbocycles. The molecule has 0 aliphatic carbocycles. The van der Waals surface area contributed by atoms with Crippen molar-refractivity contribution in [2.75, 3.05) is 5.32 Å². The monoisotopic (exact) mass is 429 g/mol. The average Bonchev–Trinajstić information content (AvgIpc) is 2.38. The number of benzene rings is 2. The molecular formula is C15H13BrINO. The molecule has 0 spiro atoms. The fourth-order valence-electron chi connectivity index (χ4n) is 1.72. The Morgan fingerprint density at radius 2 is 1.89 bits per heavy atom. The minimum absolute atomic E-state index is 0.00687. The van der Waals surface area contributed by atoms with Gasteiger partial charge in [-0.1, -0.05) is 34.1 Å². The van der Waals surface area contributed by atoms with Gasteiger partial charge in [-0.15, -0.1) is 0 Å². The lowest BCUT2D eigenvalue weighted by atomic mass is 10.1. The highest BCUT2D eigenvalue weighted by Gasteiger charge is 2.07. The van der Waals surface area contributed by atoms with Gasteiger partial charge in [-0.2, -0.15) is 0 Å². The molecule has 1 N–H and O–H groups in total. The van der Waals surface area contributed by atoms with Crippen LogP contribution < -0.4 is 5.32 Å². The number of anilines is 1. The summed E-state index contributed by atoms with van der Waals surface area (Å²) >= 11 is 5.65. The molecule has 2 aromatic rings. The zero-order chi connectivity index (χ0) is 13.8. The summed E-state index contributed by atoms with van der Waals surface area (Å²) in [5.41, 5.74) is 2.99. The normalized spacial score (nSPS) is 10.3. The topological polar surface area (TPSA) is 29.1 Å². The second kappa shape index (κ2) is 6.52. The summed E-state index contributed by atoms with van der Waals surface area (Å²) in [5.74, 6) is 0.00687. The second-order valence-corrected chi connectivity index (χ2v) is 6.34. The summed E-state index contributed by atoms with van der Waals surface area (Å²) in [6.45, 7) is 2.01. The third kappa shape index (κ3) is 4.04. The van der Waals surface area contributed by atoms with Crippen molar-refractivity contribution >= 4 is 50.1 Å². The van der Waals surface area contributed by atoms with Crippen LogP contribution in [-0.4, -0.2) is 5.91 Å². The smallest absolute Gasteiger partial charge is 0.228 e. The first-order valence-corrected chi connectivity index (χ1v) is 7.73. The van der Waals surface area contributed by atoms with E-state index in [0.29, 0.717) is 6.42 Å². The predicted molar refractivity (Wildman–Crippen MR) is 90.4 cm³/mol. The lowest BCUT2D eigenvalue weighted by Crippen LogP contribution is -2.15. The zero-order valence-electron chi connectivity index (χ0n) is 10.4. The molecule has 2 nitrogen and oxygen atoms in total. The van der Waals surface area contributed by atoms with E-state index in [1.807, 2.05) is 49.4 Å². The Kier molecular flexibility index (Phi) is 4.99. The molecule has 0 fully saturated rings. The second-order valence-electron chi connectivity index (χ2n) is 4.26. The Morgan fingerprint density at radius 3 is 2.58 bits per heavy atom. The molecule has 0 heterocycles. The van der Waals surface area contributed by atoms with Gasteiger partial charge in [0.05, 0.1) is 6.42 Å². The fraction of sp³-hybridized carbons (Fsp3) is 0.133. The van der Waals surface area contributed by atoms with Crippen LogP contribution in [0.4, 0.5) is 5.69 Å². The molecule has 0 saturated heterocycles. The van der Waals surface area contributed by atoms with Crippen molar-refractivity contribution in [2.45, 2.75) is 13.3 Å². The summed E-state index contributed by atoms with van der Waals surface area (Å²) < 4.78 is 2.17. The molecule has 0 radical (unpaired) electrons. The van der Waals surface area contributed by atoms with E-state index in [9.17, 15) is 4.79 Å². The van der Waals surface area contributed by atoms with Crippen LogP contribution in [-0.2, 0) is 11.2 Å². The third-order valence-electron chi connectivity index (χ3n) is 2.82. The summed E-state index contributed by atoms with van der Waals surface area (Å²) in [6.07, 6.45) is 0.387. The van der Waals surface area contributed by atoms with Crippen molar-refractivity contribution in [3.63, 3.8) is 0 Å². The van der Waals surface area contributed by atoms with Gasteiger partial charge in [-0.05, 0) is 64.9 Å². The number of carbonyl (C=O) groups excluding carboxylic acids is 1. The molecule has 19 heavy (non-hydrogen) atoms. The van der Waals surface area contributed by atoms with Crippen LogP contribution in [0.5, 0.6) is 0 Å². The highest BCUT2D eigenvalue weighted by atomic mass is 127. The average molecular weight is 430 g/mol. The van der Waals surface area contributed by atoms with Crippen molar-refractivity contribution in [1.29, 1.82) is 0 Å². The summed E-state index contributed by atoms with van der Waals surface area (Å²) in [7, 11) is 0. The molecule has 0 bridgehead atoms. The number of rotatable bonds is 3. The number of hydrogen-bond donors (Lipinski definition) is 1. The van der Waals surface area contributed by atoms with Crippen molar-refractivity contribution in [3.8, 4) is 0 Å². The van der Waals surface area contributed by atoms with Crippen LogP contribution in [0.2, 0.25) is 0 Å². The van der Waals surface area contributed by atoms with Gasteiger partial charge in [-0.3, -0.25) is 4.79 Å². The van der Waals surface area contributed by atoms with Gasteiger partial charge in [0.1, 0.15) is 0 Å². The lowest BCUT2D eigenvalue weighted by molar-refractivity contribution is -0.115. The Morgan fingerprint density at radius 1 is 1.21 bits per heavy atom. The minimum atomic E-state index is 0.00687. The SMILES string of the molecule is Cc1c(I)cccc1NC(=O)Cc1ccc(Br)cc1. The first-order chi connectivity index (χ1) is 9.06. The van der Waals surface area contributed by atoms with Crippen LogP contribution in [0, 0.1) is 10.5 Å². The number of hydrogen-bond acceptors (Lipinski definition) is 1. The predicted octanol–water partition coefficient (Wildman–Crippen LogP) is 4.54. The Bertz CT molecular complexity index is 596. The van der Waals surface area contributed by atoms with E-state index in [0.717, 1.165) is 24.9 Å². The maximum Gasteiger partial charge on any atom is 0.228 e. The van der Waals surface area contributed by atoms with Crippen LogP contribution in [0.25, 0.3) is 0 Å². The lowest BCUT2D eigenvalue weighted by Gasteiger charge is -2.09. The quantitative estimate of drug-likeness (QED) is 0.713. The Hall–Kier alpha value is -0.880. The molecule has 0 aliphatic heterocycles. The maximum absolute atomic E-state index is 12.0. The van der Waals surface area contributed by atoms with Gasteiger partial charge in [0, 0.05) is 13.7 Å². The number of nitrogens with one attached hydrogen (secondary N) is 1. The van der Waals surface area contributed by atoms with Gasteiger partial charge in [0.25, 0.3) is 0 Å². The van der Waals surface area contributed by atoms with E-state index in [2.05, 4.69) is 43.8 Å². The molecule has 4 heteroatoms. The molecule has 1 amide bonds. The van der Waals surface area contributed by atoms with E-state index in [1.165, 1.54) is 0 Å². The molecule has 98 valence electrons. The maximum atomic E-state index is 12.0. The van der Waals surface area contributed by atoms with E-state index in [4.69, 9.17) is 0 Å². The van der Waals surface area contributed by atoms with Gasteiger partial charge in [0.2, 0.25) is 5.91 Å². The highest BCUT2D eigenvalue weighted by Crippen LogP contribution is 2.20. The summed E-state index contributed by atoms with van der Waals surface area (Å²) in [6, 6.07) is 13.7. The molecular weight excluding hydrogens is 417 g/mol. The Labute approximate surface area is 134 Å². The van der Waals surface area contributed by atoms with Gasteiger partial charge >= 0.3 is 0 Å². The summed E-state index contributed by atoms with van der Waals surface area (Å²) in [4.78, 5) is 12.0. The van der Waals surface area contributed by atoms with Gasteiger partial charge < -0.3 is 5.32 Å². The van der Waals surface area contributed by atoms with Crippen molar-refractivity contribution in [3.05, 3.63) is 61.6 Å². The van der Waals surface area contributed by atoms with Crippen LogP contribution >= 0.6 is 38.5 Å². The van der Waals surface area contributed by atoms with Crippen molar-refractivity contribution in [1.82, 2.24) is 0 Å². The van der Waals surface area contributed by atoms with E-state index in [-0.39, 0.29) is 5.91 Å². The van der Waals surface area contributed by atoms with Crippen LogP contribution in [0.3, 0.4) is 0 Å². The third-order valence-corrected chi connectivity index (χ3v) is 4.52.